The number of nitrogens with zero attached hydrogens (tertiary/aromatic N) is 2. The quantitative estimate of drug-likeness (QED) is 0.822. The molecule has 1 heterocycles. The minimum atomic E-state index is 0.0796. The van der Waals surface area contributed by atoms with Gasteiger partial charge in [-0.05, 0) is 49.0 Å². The molecule has 102 valence electrons. The maximum absolute atomic E-state index is 12.5. The van der Waals surface area contributed by atoms with Gasteiger partial charge in [0.15, 0.2) is 0 Å². The molecule has 1 rings (SSSR count). The van der Waals surface area contributed by atoms with Gasteiger partial charge >= 0.3 is 0 Å². The first-order valence-electron chi connectivity index (χ1n) is 6.02. The molecule has 3 nitrogen and oxygen atoms in total. The second-order valence-corrected chi connectivity index (χ2v) is 6.59. The minimum Gasteiger partial charge on any atom is -0.340 e. The summed E-state index contributed by atoms with van der Waals surface area (Å²) in [5, 5.41) is 0. The van der Waals surface area contributed by atoms with E-state index in [0.29, 0.717) is 0 Å². The third-order valence-corrected chi connectivity index (χ3v) is 4.23. The molecule has 0 N–H and O–H groups in total. The van der Waals surface area contributed by atoms with E-state index in [9.17, 15) is 4.79 Å². The van der Waals surface area contributed by atoms with Crippen molar-refractivity contribution in [3.05, 3.63) is 22.4 Å². The Morgan fingerprint density at radius 3 is 2.61 bits per heavy atom. The topological polar surface area (TPSA) is 25.2 Å². The van der Waals surface area contributed by atoms with Crippen LogP contribution < -0.4 is 0 Å². The highest BCUT2D eigenvalue weighted by Gasteiger charge is 2.21. The number of aromatic nitrogens is 1. The first-order chi connectivity index (χ1) is 8.38. The van der Waals surface area contributed by atoms with Gasteiger partial charge in [-0.1, -0.05) is 0 Å². The molecule has 0 aliphatic heterocycles. The van der Waals surface area contributed by atoms with Crippen LogP contribution in [0.3, 0.4) is 0 Å². The van der Waals surface area contributed by atoms with Crippen LogP contribution in [0, 0.1) is 0 Å². The van der Waals surface area contributed by atoms with Crippen molar-refractivity contribution in [2.24, 2.45) is 0 Å². The van der Waals surface area contributed by atoms with Gasteiger partial charge in [0.25, 0.3) is 5.91 Å². The SMILES string of the molecule is CSCC(C)N(C)C(=O)c1cc(Br)cn1C(C)C. The van der Waals surface area contributed by atoms with E-state index < -0.39 is 0 Å². The third kappa shape index (κ3) is 3.54. The zero-order valence-electron chi connectivity index (χ0n) is 11.6. The van der Waals surface area contributed by atoms with Crippen molar-refractivity contribution in [1.82, 2.24) is 9.47 Å². The van der Waals surface area contributed by atoms with Crippen molar-refractivity contribution in [3.8, 4) is 0 Å². The summed E-state index contributed by atoms with van der Waals surface area (Å²) in [5.74, 6) is 1.03. The number of carbonyl (C=O) groups is 1. The summed E-state index contributed by atoms with van der Waals surface area (Å²) in [5.41, 5.74) is 0.743. The maximum atomic E-state index is 12.5. The smallest absolute Gasteiger partial charge is 0.270 e. The molecular formula is C13H21BrN2OS. The van der Waals surface area contributed by atoms with Crippen molar-refractivity contribution < 1.29 is 4.79 Å². The Morgan fingerprint density at radius 1 is 1.50 bits per heavy atom. The predicted octanol–water partition coefficient (Wildman–Crippen LogP) is 3.66. The molecule has 0 aromatic carbocycles. The van der Waals surface area contributed by atoms with E-state index >= 15 is 0 Å². The molecule has 1 unspecified atom stereocenters. The number of hydrogen-bond donors (Lipinski definition) is 0. The fourth-order valence-corrected chi connectivity index (χ4v) is 2.92. The van der Waals surface area contributed by atoms with Crippen molar-refractivity contribution in [1.29, 1.82) is 0 Å². The Balaban J connectivity index is 2.96. The summed E-state index contributed by atoms with van der Waals surface area (Å²) in [4.78, 5) is 14.3. The van der Waals surface area contributed by atoms with Gasteiger partial charge < -0.3 is 9.47 Å². The van der Waals surface area contributed by atoms with Crippen LogP contribution in [0.25, 0.3) is 0 Å². The lowest BCUT2D eigenvalue weighted by molar-refractivity contribution is 0.0745. The standard InChI is InChI=1S/C13H21BrN2OS/c1-9(2)16-7-11(14)6-12(16)13(17)15(4)10(3)8-18-5/h6-7,9-10H,8H2,1-5H3. The molecule has 0 radical (unpaired) electrons. The van der Waals surface area contributed by atoms with Crippen LogP contribution in [0.5, 0.6) is 0 Å². The van der Waals surface area contributed by atoms with Crippen LogP contribution >= 0.6 is 27.7 Å². The Labute approximate surface area is 122 Å². The second kappa shape index (κ2) is 6.66. The molecule has 1 aromatic rings. The molecule has 1 aromatic heterocycles. The number of hydrogen-bond acceptors (Lipinski definition) is 2. The van der Waals surface area contributed by atoms with Crippen LogP contribution in [0.15, 0.2) is 16.7 Å². The summed E-state index contributed by atoms with van der Waals surface area (Å²) in [6.45, 7) is 6.23. The predicted molar refractivity (Wildman–Crippen MR) is 82.5 cm³/mol. The zero-order chi connectivity index (χ0) is 13.9. The molecule has 0 spiro atoms. The monoisotopic (exact) mass is 332 g/mol. The molecular weight excluding hydrogens is 312 g/mol. The van der Waals surface area contributed by atoms with E-state index in [1.807, 2.05) is 28.8 Å². The average molecular weight is 333 g/mol. The van der Waals surface area contributed by atoms with Gasteiger partial charge in [0, 0.05) is 35.6 Å². The number of thioether (sulfide) groups is 1. The molecule has 0 aliphatic rings. The van der Waals surface area contributed by atoms with Crippen LogP contribution in [-0.4, -0.2) is 40.5 Å². The summed E-state index contributed by atoms with van der Waals surface area (Å²) >= 11 is 5.20. The van der Waals surface area contributed by atoms with Gasteiger partial charge in [-0.2, -0.15) is 11.8 Å². The first kappa shape index (κ1) is 15.6. The molecule has 5 heteroatoms. The van der Waals surface area contributed by atoms with Crippen LogP contribution in [-0.2, 0) is 0 Å². The molecule has 1 amide bonds. The number of amides is 1. The van der Waals surface area contributed by atoms with E-state index in [1.54, 1.807) is 11.8 Å². The number of rotatable bonds is 5. The maximum Gasteiger partial charge on any atom is 0.270 e. The van der Waals surface area contributed by atoms with Gasteiger partial charge in [-0.15, -0.1) is 0 Å². The lowest BCUT2D eigenvalue weighted by Gasteiger charge is -2.25. The molecule has 0 saturated heterocycles. The van der Waals surface area contributed by atoms with Crippen molar-refractivity contribution in [3.63, 3.8) is 0 Å². The molecule has 0 saturated carbocycles. The number of halogens is 1. The Hall–Kier alpha value is -0.420. The van der Waals surface area contributed by atoms with Crippen LogP contribution in [0.2, 0.25) is 0 Å². The van der Waals surface area contributed by atoms with Crippen LogP contribution in [0.1, 0.15) is 37.3 Å². The van der Waals surface area contributed by atoms with E-state index in [0.717, 1.165) is 15.9 Å². The van der Waals surface area contributed by atoms with E-state index in [-0.39, 0.29) is 18.0 Å². The summed E-state index contributed by atoms with van der Waals surface area (Å²) < 4.78 is 2.96. The van der Waals surface area contributed by atoms with Crippen molar-refractivity contribution >= 4 is 33.6 Å². The number of carbonyl (C=O) groups excluding carboxylic acids is 1. The Morgan fingerprint density at radius 2 is 2.11 bits per heavy atom. The zero-order valence-corrected chi connectivity index (χ0v) is 14.0. The summed E-state index contributed by atoms with van der Waals surface area (Å²) in [6, 6.07) is 2.41. The summed E-state index contributed by atoms with van der Waals surface area (Å²) in [7, 11) is 1.87. The highest BCUT2D eigenvalue weighted by Crippen LogP contribution is 2.21. The van der Waals surface area contributed by atoms with Crippen LogP contribution in [0.4, 0.5) is 0 Å². The highest BCUT2D eigenvalue weighted by atomic mass is 79.9. The first-order valence-corrected chi connectivity index (χ1v) is 8.20. The molecule has 0 bridgehead atoms. The molecule has 0 fully saturated rings. The lowest BCUT2D eigenvalue weighted by Crippen LogP contribution is -2.37. The average Bonchev–Trinajstić information content (AvgIpc) is 2.69. The Bertz CT molecular complexity index is 417. The fraction of sp³-hybridized carbons (Fsp3) is 0.615. The normalized spacial score (nSPS) is 12.8. The molecule has 0 aliphatic carbocycles. The Kier molecular flexibility index (Phi) is 5.79. The highest BCUT2D eigenvalue weighted by molar-refractivity contribution is 9.10. The minimum absolute atomic E-state index is 0.0796. The molecule has 18 heavy (non-hydrogen) atoms. The van der Waals surface area contributed by atoms with Gasteiger partial charge in [0.1, 0.15) is 5.69 Å². The fourth-order valence-electron chi connectivity index (χ4n) is 1.78. The van der Waals surface area contributed by atoms with E-state index in [2.05, 4.69) is 43.0 Å². The van der Waals surface area contributed by atoms with E-state index in [4.69, 9.17) is 0 Å². The molecule has 1 atom stereocenters. The largest absolute Gasteiger partial charge is 0.340 e. The third-order valence-electron chi connectivity index (χ3n) is 2.98. The van der Waals surface area contributed by atoms with Gasteiger partial charge in [-0.3, -0.25) is 4.79 Å². The van der Waals surface area contributed by atoms with Crippen molar-refractivity contribution in [2.45, 2.75) is 32.9 Å². The van der Waals surface area contributed by atoms with Gasteiger partial charge in [0.05, 0.1) is 0 Å². The lowest BCUT2D eigenvalue weighted by atomic mass is 10.2. The summed E-state index contributed by atoms with van der Waals surface area (Å²) in [6.07, 6.45) is 4.02. The van der Waals surface area contributed by atoms with E-state index in [1.165, 1.54) is 0 Å². The van der Waals surface area contributed by atoms with Gasteiger partial charge in [0.2, 0.25) is 0 Å². The van der Waals surface area contributed by atoms with Gasteiger partial charge in [-0.25, -0.2) is 0 Å². The second-order valence-electron chi connectivity index (χ2n) is 4.77. The van der Waals surface area contributed by atoms with Crippen molar-refractivity contribution in [2.75, 3.05) is 19.1 Å².